The zero-order valence-electron chi connectivity index (χ0n) is 15.1. The minimum Gasteiger partial charge on any atom is -0.507 e. The standard InChI is InChI=1S/C20H24N2O4/c1-21-7-9-22(10-8-21)20(14-3-5-15(24-2)6-4-14)16-11-18-19(12-17(16)23)26-13-25-18/h3-6,11-12,20,23H,7-10,13H2,1-2H3. The fourth-order valence-electron chi connectivity index (χ4n) is 3.62. The first-order valence-corrected chi connectivity index (χ1v) is 8.85. The number of hydrogen-bond donors (Lipinski definition) is 1. The second-order valence-corrected chi connectivity index (χ2v) is 6.78. The van der Waals surface area contributed by atoms with E-state index in [1.807, 2.05) is 18.2 Å². The van der Waals surface area contributed by atoms with E-state index >= 15 is 0 Å². The van der Waals surface area contributed by atoms with Crippen LogP contribution in [0.4, 0.5) is 0 Å². The number of hydrogen-bond acceptors (Lipinski definition) is 6. The molecule has 2 aromatic rings. The molecule has 2 heterocycles. The second kappa shape index (κ2) is 7.05. The fraction of sp³-hybridized carbons (Fsp3) is 0.400. The predicted octanol–water partition coefficient (Wildman–Crippen LogP) is 2.47. The Balaban J connectivity index is 1.75. The summed E-state index contributed by atoms with van der Waals surface area (Å²) in [7, 11) is 3.80. The molecule has 2 aromatic carbocycles. The van der Waals surface area contributed by atoms with Crippen molar-refractivity contribution in [2.45, 2.75) is 6.04 Å². The maximum atomic E-state index is 10.7. The smallest absolute Gasteiger partial charge is 0.231 e. The molecular formula is C20H24N2O4. The van der Waals surface area contributed by atoms with Crippen molar-refractivity contribution in [3.8, 4) is 23.0 Å². The van der Waals surface area contributed by atoms with Crippen LogP contribution in [0.25, 0.3) is 0 Å². The third-order valence-electron chi connectivity index (χ3n) is 5.15. The van der Waals surface area contributed by atoms with E-state index in [0.29, 0.717) is 11.5 Å². The summed E-state index contributed by atoms with van der Waals surface area (Å²) in [4.78, 5) is 4.72. The largest absolute Gasteiger partial charge is 0.507 e. The topological polar surface area (TPSA) is 54.4 Å². The highest BCUT2D eigenvalue weighted by atomic mass is 16.7. The lowest BCUT2D eigenvalue weighted by Gasteiger charge is -2.38. The van der Waals surface area contributed by atoms with Gasteiger partial charge in [0.1, 0.15) is 11.5 Å². The molecule has 0 spiro atoms. The Bertz CT molecular complexity index is 770. The monoisotopic (exact) mass is 356 g/mol. The SMILES string of the molecule is COc1ccc(C(c2cc3c(cc2O)OCO3)N2CCN(C)CC2)cc1. The van der Waals surface area contributed by atoms with E-state index in [-0.39, 0.29) is 18.6 Å². The number of likely N-dealkylation sites (N-methyl/N-ethyl adjacent to an activating group) is 1. The molecule has 26 heavy (non-hydrogen) atoms. The van der Waals surface area contributed by atoms with Crippen LogP contribution in [0.1, 0.15) is 17.2 Å². The Kier molecular flexibility index (Phi) is 4.61. The number of ether oxygens (including phenoxy) is 3. The van der Waals surface area contributed by atoms with Gasteiger partial charge >= 0.3 is 0 Å². The van der Waals surface area contributed by atoms with Gasteiger partial charge in [-0.25, -0.2) is 0 Å². The molecule has 0 bridgehead atoms. The normalized spacial score (nSPS) is 18.7. The number of nitrogens with zero attached hydrogens (tertiary/aromatic N) is 2. The van der Waals surface area contributed by atoms with Crippen LogP contribution in [0.15, 0.2) is 36.4 Å². The molecule has 0 aromatic heterocycles. The van der Waals surface area contributed by atoms with Crippen LogP contribution >= 0.6 is 0 Å². The summed E-state index contributed by atoms with van der Waals surface area (Å²) in [6.45, 7) is 4.05. The van der Waals surface area contributed by atoms with Gasteiger partial charge in [-0.05, 0) is 30.8 Å². The first-order valence-electron chi connectivity index (χ1n) is 8.85. The van der Waals surface area contributed by atoms with Gasteiger partial charge in [-0.2, -0.15) is 0 Å². The van der Waals surface area contributed by atoms with Crippen LogP contribution in [0, 0.1) is 0 Å². The van der Waals surface area contributed by atoms with Crippen molar-refractivity contribution in [2.75, 3.05) is 47.1 Å². The number of phenolic OH excluding ortho intramolecular Hbond substituents is 1. The first-order chi connectivity index (χ1) is 12.7. The maximum Gasteiger partial charge on any atom is 0.231 e. The lowest BCUT2D eigenvalue weighted by Crippen LogP contribution is -2.46. The minimum atomic E-state index is -0.0518. The highest BCUT2D eigenvalue weighted by Crippen LogP contribution is 2.43. The number of phenols is 1. The lowest BCUT2D eigenvalue weighted by molar-refractivity contribution is 0.126. The average Bonchev–Trinajstić information content (AvgIpc) is 3.11. The molecule has 1 fully saturated rings. The van der Waals surface area contributed by atoms with Crippen molar-refractivity contribution >= 4 is 0 Å². The molecule has 0 aliphatic carbocycles. The van der Waals surface area contributed by atoms with E-state index in [2.05, 4.69) is 29.0 Å². The quantitative estimate of drug-likeness (QED) is 0.908. The highest BCUT2D eigenvalue weighted by molar-refractivity contribution is 5.54. The molecule has 4 rings (SSSR count). The van der Waals surface area contributed by atoms with Crippen molar-refractivity contribution in [3.63, 3.8) is 0 Å². The summed E-state index contributed by atoms with van der Waals surface area (Å²) in [5, 5.41) is 10.7. The molecule has 2 aliphatic heterocycles. The van der Waals surface area contributed by atoms with Crippen molar-refractivity contribution in [2.24, 2.45) is 0 Å². The van der Waals surface area contributed by atoms with Crippen molar-refractivity contribution in [1.29, 1.82) is 0 Å². The summed E-state index contributed by atoms with van der Waals surface area (Å²) in [6, 6.07) is 11.6. The number of benzene rings is 2. The van der Waals surface area contributed by atoms with Crippen LogP contribution in [0.5, 0.6) is 23.0 Å². The Morgan fingerprint density at radius 2 is 1.65 bits per heavy atom. The van der Waals surface area contributed by atoms with Crippen LogP contribution < -0.4 is 14.2 Å². The Labute approximate surface area is 153 Å². The lowest BCUT2D eigenvalue weighted by atomic mass is 9.95. The molecule has 0 amide bonds. The Hall–Kier alpha value is -2.44. The van der Waals surface area contributed by atoms with Crippen molar-refractivity contribution < 1.29 is 19.3 Å². The summed E-state index contributed by atoms with van der Waals surface area (Å²) < 4.78 is 16.2. The number of fused-ring (bicyclic) bond motifs is 1. The third-order valence-corrected chi connectivity index (χ3v) is 5.15. The van der Waals surface area contributed by atoms with Gasteiger partial charge in [-0.3, -0.25) is 4.90 Å². The first kappa shape index (κ1) is 17.0. The van der Waals surface area contributed by atoms with Gasteiger partial charge < -0.3 is 24.2 Å². The van der Waals surface area contributed by atoms with E-state index in [1.54, 1.807) is 13.2 Å². The van der Waals surface area contributed by atoms with Crippen LogP contribution in [0.3, 0.4) is 0 Å². The van der Waals surface area contributed by atoms with E-state index in [9.17, 15) is 5.11 Å². The molecule has 1 atom stereocenters. The number of piperazine rings is 1. The predicted molar refractivity (Wildman–Crippen MR) is 98.1 cm³/mol. The van der Waals surface area contributed by atoms with Gasteiger partial charge in [-0.15, -0.1) is 0 Å². The Morgan fingerprint density at radius 3 is 2.31 bits per heavy atom. The fourth-order valence-corrected chi connectivity index (χ4v) is 3.62. The van der Waals surface area contributed by atoms with Crippen LogP contribution in [-0.2, 0) is 0 Å². The minimum absolute atomic E-state index is 0.0518. The zero-order valence-corrected chi connectivity index (χ0v) is 15.1. The molecule has 6 nitrogen and oxygen atoms in total. The zero-order chi connectivity index (χ0) is 18.1. The maximum absolute atomic E-state index is 10.7. The molecule has 0 saturated carbocycles. The molecule has 1 N–H and O–H groups in total. The van der Waals surface area contributed by atoms with Crippen molar-refractivity contribution in [1.82, 2.24) is 9.80 Å². The third kappa shape index (κ3) is 3.18. The number of rotatable bonds is 4. The van der Waals surface area contributed by atoms with Crippen LogP contribution in [-0.4, -0.2) is 62.0 Å². The summed E-state index contributed by atoms with van der Waals surface area (Å²) in [5.74, 6) is 2.33. The van der Waals surface area contributed by atoms with E-state index in [4.69, 9.17) is 14.2 Å². The van der Waals surface area contributed by atoms with Gasteiger partial charge in [-0.1, -0.05) is 12.1 Å². The van der Waals surface area contributed by atoms with Gasteiger partial charge in [0.25, 0.3) is 0 Å². The van der Waals surface area contributed by atoms with Crippen LogP contribution in [0.2, 0.25) is 0 Å². The molecule has 0 radical (unpaired) electrons. The molecule has 1 saturated heterocycles. The molecule has 1 unspecified atom stereocenters. The summed E-state index contributed by atoms with van der Waals surface area (Å²) in [6.07, 6.45) is 0. The number of methoxy groups -OCH3 is 1. The van der Waals surface area contributed by atoms with E-state index in [0.717, 1.165) is 43.1 Å². The molecule has 138 valence electrons. The molecule has 2 aliphatic rings. The molecular weight excluding hydrogens is 332 g/mol. The van der Waals surface area contributed by atoms with Gasteiger partial charge in [0.2, 0.25) is 6.79 Å². The summed E-state index contributed by atoms with van der Waals surface area (Å²) in [5.41, 5.74) is 1.95. The van der Waals surface area contributed by atoms with Gasteiger partial charge in [0.05, 0.1) is 13.2 Å². The molecule has 6 heteroatoms. The Morgan fingerprint density at radius 1 is 1.00 bits per heavy atom. The highest BCUT2D eigenvalue weighted by Gasteiger charge is 2.29. The second-order valence-electron chi connectivity index (χ2n) is 6.78. The van der Waals surface area contributed by atoms with Gasteiger partial charge in [0, 0.05) is 37.8 Å². The summed E-state index contributed by atoms with van der Waals surface area (Å²) >= 11 is 0. The average molecular weight is 356 g/mol. The van der Waals surface area contributed by atoms with Crippen molar-refractivity contribution in [3.05, 3.63) is 47.5 Å². The van der Waals surface area contributed by atoms with Gasteiger partial charge in [0.15, 0.2) is 11.5 Å². The number of aromatic hydroxyl groups is 1. The van der Waals surface area contributed by atoms with E-state index < -0.39 is 0 Å². The van der Waals surface area contributed by atoms with E-state index in [1.165, 1.54) is 0 Å².